The van der Waals surface area contributed by atoms with Crippen LogP contribution in [-0.2, 0) is 11.0 Å². The van der Waals surface area contributed by atoms with Gasteiger partial charge in [0, 0.05) is 31.9 Å². The number of nitrogens with one attached hydrogen (secondary N) is 1. The van der Waals surface area contributed by atoms with Gasteiger partial charge in [0.1, 0.15) is 5.82 Å². The maximum atomic E-state index is 13.8. The lowest BCUT2D eigenvalue weighted by Crippen LogP contribution is -2.48. The summed E-state index contributed by atoms with van der Waals surface area (Å²) in [7, 11) is 0. The molecule has 8 heteroatoms. The van der Waals surface area contributed by atoms with E-state index in [9.17, 15) is 22.4 Å². The summed E-state index contributed by atoms with van der Waals surface area (Å²) in [6.45, 7) is 3.93. The summed E-state index contributed by atoms with van der Waals surface area (Å²) in [5, 5.41) is 2.56. The Hall–Kier alpha value is -2.61. The molecule has 1 saturated heterocycles. The molecule has 0 spiro atoms. The maximum absolute atomic E-state index is 13.8. The summed E-state index contributed by atoms with van der Waals surface area (Å²) >= 11 is 0. The zero-order valence-corrected chi connectivity index (χ0v) is 15.4. The van der Waals surface area contributed by atoms with Gasteiger partial charge in [-0.25, -0.2) is 4.39 Å². The van der Waals surface area contributed by atoms with E-state index in [4.69, 9.17) is 0 Å². The van der Waals surface area contributed by atoms with Crippen LogP contribution in [0.2, 0.25) is 0 Å². The molecule has 2 aromatic carbocycles. The number of amides is 1. The van der Waals surface area contributed by atoms with E-state index in [0.717, 1.165) is 17.7 Å². The van der Waals surface area contributed by atoms with Gasteiger partial charge in [0.25, 0.3) is 0 Å². The Bertz CT molecular complexity index is 846. The normalized spacial score (nSPS) is 15.5. The van der Waals surface area contributed by atoms with Crippen molar-refractivity contribution in [3.63, 3.8) is 0 Å². The fourth-order valence-electron chi connectivity index (χ4n) is 3.16. The van der Waals surface area contributed by atoms with Crippen LogP contribution in [0.1, 0.15) is 11.1 Å². The van der Waals surface area contributed by atoms with Crippen LogP contribution in [0.15, 0.2) is 42.5 Å². The number of carbonyl (C=O) groups excluding carboxylic acids is 1. The van der Waals surface area contributed by atoms with E-state index in [1.807, 2.05) is 9.80 Å². The van der Waals surface area contributed by atoms with Crippen molar-refractivity contribution in [2.75, 3.05) is 42.9 Å². The molecule has 1 fully saturated rings. The second kappa shape index (κ2) is 8.18. The lowest BCUT2D eigenvalue weighted by molar-refractivity contribution is -0.137. The van der Waals surface area contributed by atoms with E-state index >= 15 is 0 Å². The molecule has 1 aliphatic heterocycles. The van der Waals surface area contributed by atoms with Crippen molar-refractivity contribution in [2.24, 2.45) is 0 Å². The molecule has 1 N–H and O–H groups in total. The van der Waals surface area contributed by atoms with Crippen LogP contribution < -0.4 is 10.2 Å². The standard InChI is InChI=1S/C20H21F4N3O/c1-14-5-6-18(17(21)11-14)25-19(28)13-26-7-9-27(10-8-26)16-4-2-3-15(12-16)20(22,23)24/h2-6,11-12H,7-10,13H2,1H3,(H,25,28). The molecule has 3 rings (SSSR count). The minimum atomic E-state index is -4.37. The molecule has 1 heterocycles. The molecule has 28 heavy (non-hydrogen) atoms. The molecule has 0 aliphatic carbocycles. The van der Waals surface area contributed by atoms with Crippen molar-refractivity contribution in [1.29, 1.82) is 0 Å². The predicted molar refractivity (Wildman–Crippen MR) is 99.9 cm³/mol. The van der Waals surface area contributed by atoms with Gasteiger partial charge in [0.2, 0.25) is 5.91 Å². The second-order valence-corrected chi connectivity index (χ2v) is 6.84. The molecule has 150 valence electrons. The fraction of sp³-hybridized carbons (Fsp3) is 0.350. The van der Waals surface area contributed by atoms with Gasteiger partial charge < -0.3 is 10.2 Å². The fourth-order valence-corrected chi connectivity index (χ4v) is 3.16. The molecule has 1 amide bonds. The third kappa shape index (κ3) is 5.01. The van der Waals surface area contributed by atoms with Crippen molar-refractivity contribution in [3.8, 4) is 0 Å². The molecular formula is C20H21F4N3O. The SMILES string of the molecule is Cc1ccc(NC(=O)CN2CCN(c3cccc(C(F)(F)F)c3)CC2)c(F)c1. The summed E-state index contributed by atoms with van der Waals surface area (Å²) in [6, 6.07) is 9.83. The monoisotopic (exact) mass is 395 g/mol. The van der Waals surface area contributed by atoms with Gasteiger partial charge >= 0.3 is 6.18 Å². The highest BCUT2D eigenvalue weighted by Gasteiger charge is 2.31. The average molecular weight is 395 g/mol. The van der Waals surface area contributed by atoms with Gasteiger partial charge in [-0.2, -0.15) is 13.2 Å². The summed E-state index contributed by atoms with van der Waals surface area (Å²) in [4.78, 5) is 15.9. The number of alkyl halides is 3. The molecule has 0 radical (unpaired) electrons. The van der Waals surface area contributed by atoms with Crippen LogP contribution in [-0.4, -0.2) is 43.5 Å². The minimum absolute atomic E-state index is 0.101. The van der Waals surface area contributed by atoms with Gasteiger partial charge in [-0.05, 0) is 42.8 Å². The van der Waals surface area contributed by atoms with E-state index < -0.39 is 17.6 Å². The predicted octanol–water partition coefficient (Wildman–Crippen LogP) is 3.91. The number of rotatable bonds is 4. The van der Waals surface area contributed by atoms with Gasteiger partial charge in [0.05, 0.1) is 17.8 Å². The van der Waals surface area contributed by atoms with Crippen molar-refractivity contribution in [1.82, 2.24) is 4.90 Å². The minimum Gasteiger partial charge on any atom is -0.369 e. The average Bonchev–Trinajstić information content (AvgIpc) is 2.64. The molecule has 1 aliphatic rings. The molecule has 0 atom stereocenters. The van der Waals surface area contributed by atoms with Crippen molar-refractivity contribution >= 4 is 17.3 Å². The topological polar surface area (TPSA) is 35.6 Å². The first-order valence-corrected chi connectivity index (χ1v) is 8.93. The van der Waals surface area contributed by atoms with Crippen LogP contribution in [0.3, 0.4) is 0 Å². The Morgan fingerprint density at radius 3 is 2.43 bits per heavy atom. The molecular weight excluding hydrogens is 374 g/mol. The van der Waals surface area contributed by atoms with Crippen LogP contribution in [0.5, 0.6) is 0 Å². The molecule has 0 saturated carbocycles. The summed E-state index contributed by atoms with van der Waals surface area (Å²) in [5.41, 5.74) is 0.743. The highest BCUT2D eigenvalue weighted by molar-refractivity contribution is 5.92. The Morgan fingerprint density at radius 1 is 1.07 bits per heavy atom. The van der Waals surface area contributed by atoms with Crippen LogP contribution in [0.25, 0.3) is 0 Å². The number of hydrogen-bond acceptors (Lipinski definition) is 3. The number of piperazine rings is 1. The zero-order chi connectivity index (χ0) is 20.3. The van der Waals surface area contributed by atoms with E-state index in [2.05, 4.69) is 5.32 Å². The smallest absolute Gasteiger partial charge is 0.369 e. The van der Waals surface area contributed by atoms with Crippen LogP contribution in [0.4, 0.5) is 28.9 Å². The molecule has 0 aromatic heterocycles. The summed E-state index contributed by atoms with van der Waals surface area (Å²) in [5.74, 6) is -0.807. The van der Waals surface area contributed by atoms with E-state index in [-0.39, 0.29) is 18.1 Å². The van der Waals surface area contributed by atoms with Gasteiger partial charge in [-0.15, -0.1) is 0 Å². The third-order valence-electron chi connectivity index (χ3n) is 4.68. The quantitative estimate of drug-likeness (QED) is 0.798. The lowest BCUT2D eigenvalue weighted by atomic mass is 10.1. The first-order valence-electron chi connectivity index (χ1n) is 8.93. The Morgan fingerprint density at radius 2 is 1.79 bits per heavy atom. The van der Waals surface area contributed by atoms with Crippen LogP contribution >= 0.6 is 0 Å². The number of nitrogens with zero attached hydrogens (tertiary/aromatic N) is 2. The van der Waals surface area contributed by atoms with E-state index in [0.29, 0.717) is 31.9 Å². The number of aryl methyl sites for hydroxylation is 1. The van der Waals surface area contributed by atoms with E-state index in [1.165, 1.54) is 18.2 Å². The Labute approximate surface area is 160 Å². The van der Waals surface area contributed by atoms with Crippen LogP contribution in [0, 0.1) is 12.7 Å². The zero-order valence-electron chi connectivity index (χ0n) is 15.4. The third-order valence-corrected chi connectivity index (χ3v) is 4.68. The highest BCUT2D eigenvalue weighted by atomic mass is 19.4. The van der Waals surface area contributed by atoms with E-state index in [1.54, 1.807) is 19.1 Å². The largest absolute Gasteiger partial charge is 0.416 e. The molecule has 0 unspecified atom stereocenters. The summed E-state index contributed by atoms with van der Waals surface area (Å²) < 4.78 is 52.4. The first-order chi connectivity index (χ1) is 13.2. The molecule has 4 nitrogen and oxygen atoms in total. The lowest BCUT2D eigenvalue weighted by Gasteiger charge is -2.36. The maximum Gasteiger partial charge on any atom is 0.416 e. The summed E-state index contributed by atoms with van der Waals surface area (Å²) in [6.07, 6.45) is -4.37. The Balaban J connectivity index is 1.53. The molecule has 2 aromatic rings. The van der Waals surface area contributed by atoms with Crippen molar-refractivity contribution in [2.45, 2.75) is 13.1 Å². The number of anilines is 2. The first kappa shape index (κ1) is 20.1. The number of halogens is 4. The number of carbonyl (C=O) groups is 1. The molecule has 0 bridgehead atoms. The van der Waals surface area contributed by atoms with Gasteiger partial charge in [-0.3, -0.25) is 9.69 Å². The van der Waals surface area contributed by atoms with Gasteiger partial charge in [-0.1, -0.05) is 12.1 Å². The number of benzene rings is 2. The van der Waals surface area contributed by atoms with Crippen molar-refractivity contribution in [3.05, 3.63) is 59.4 Å². The highest BCUT2D eigenvalue weighted by Crippen LogP contribution is 2.31. The van der Waals surface area contributed by atoms with Crippen molar-refractivity contribution < 1.29 is 22.4 Å². The Kier molecular flexibility index (Phi) is 5.88. The second-order valence-electron chi connectivity index (χ2n) is 6.84. The van der Waals surface area contributed by atoms with Gasteiger partial charge in [0.15, 0.2) is 0 Å². The number of hydrogen-bond donors (Lipinski definition) is 1.